The monoisotopic (exact) mass is 372 g/mol. The van der Waals surface area contributed by atoms with E-state index in [0.29, 0.717) is 12.4 Å². The molecular formula is C19H20N2O2S2. The van der Waals surface area contributed by atoms with Crippen LogP contribution in [-0.2, 0) is 9.53 Å². The van der Waals surface area contributed by atoms with Gasteiger partial charge >= 0.3 is 5.97 Å². The first-order valence-corrected chi connectivity index (χ1v) is 9.79. The lowest BCUT2D eigenvalue weighted by molar-refractivity contribution is -0.145. The Bertz CT molecular complexity index is 904. The summed E-state index contributed by atoms with van der Waals surface area (Å²) in [6, 6.07) is 10.2. The minimum atomic E-state index is -0.723. The summed E-state index contributed by atoms with van der Waals surface area (Å²) in [6.45, 7) is 7.80. The first-order valence-electron chi connectivity index (χ1n) is 8.10. The second kappa shape index (κ2) is 7.14. The lowest BCUT2D eigenvalue weighted by atomic mass is 10.1. The molecule has 0 bridgehead atoms. The number of nitrogens with zero attached hydrogens (tertiary/aromatic N) is 2. The van der Waals surface area contributed by atoms with E-state index in [4.69, 9.17) is 4.74 Å². The second-order valence-corrected chi connectivity index (χ2v) is 8.57. The molecule has 0 fully saturated rings. The zero-order valence-corrected chi connectivity index (χ0v) is 16.3. The molecule has 0 saturated heterocycles. The summed E-state index contributed by atoms with van der Waals surface area (Å²) >= 11 is 3.03. The van der Waals surface area contributed by atoms with Gasteiger partial charge in [0.05, 0.1) is 12.0 Å². The van der Waals surface area contributed by atoms with Gasteiger partial charge in [-0.25, -0.2) is 9.97 Å². The summed E-state index contributed by atoms with van der Waals surface area (Å²) < 4.78 is 4.49. The SMILES string of the molecule is CCOC(=O)C(C)(C)Sc1nc(C)nc2scc(-c3ccccc3)c12. The molecule has 3 aromatic rings. The fraction of sp³-hybridized carbons (Fsp3) is 0.316. The minimum Gasteiger partial charge on any atom is -0.465 e. The van der Waals surface area contributed by atoms with Gasteiger partial charge in [0.2, 0.25) is 0 Å². The van der Waals surface area contributed by atoms with Gasteiger partial charge in [-0.2, -0.15) is 0 Å². The van der Waals surface area contributed by atoms with Gasteiger partial charge in [0.1, 0.15) is 20.4 Å². The molecule has 0 atom stereocenters. The fourth-order valence-corrected chi connectivity index (χ4v) is 4.67. The zero-order valence-electron chi connectivity index (χ0n) is 14.7. The highest BCUT2D eigenvalue weighted by Crippen LogP contribution is 2.42. The summed E-state index contributed by atoms with van der Waals surface area (Å²) in [7, 11) is 0. The number of carbonyl (C=O) groups excluding carboxylic acids is 1. The standard InChI is InChI=1S/C19H20N2O2S2/c1-5-23-18(22)19(3,4)25-17-15-14(13-9-7-6-8-10-13)11-24-16(15)20-12(2)21-17/h6-11H,5H2,1-4H3. The maximum atomic E-state index is 12.3. The molecule has 2 heterocycles. The lowest BCUT2D eigenvalue weighted by Gasteiger charge is -2.21. The number of aromatic nitrogens is 2. The number of hydrogen-bond donors (Lipinski definition) is 0. The van der Waals surface area contributed by atoms with Gasteiger partial charge in [-0.3, -0.25) is 4.79 Å². The van der Waals surface area contributed by atoms with Gasteiger partial charge < -0.3 is 4.74 Å². The molecule has 0 spiro atoms. The van der Waals surface area contributed by atoms with E-state index in [1.54, 1.807) is 11.3 Å². The van der Waals surface area contributed by atoms with Crippen LogP contribution >= 0.6 is 23.1 Å². The van der Waals surface area contributed by atoms with Crippen LogP contribution in [-0.4, -0.2) is 27.3 Å². The van der Waals surface area contributed by atoms with E-state index in [2.05, 4.69) is 27.5 Å². The van der Waals surface area contributed by atoms with Gasteiger partial charge in [0.25, 0.3) is 0 Å². The summed E-state index contributed by atoms with van der Waals surface area (Å²) in [4.78, 5) is 22.4. The van der Waals surface area contributed by atoms with Crippen LogP contribution in [0, 0.1) is 6.92 Å². The zero-order chi connectivity index (χ0) is 18.0. The summed E-state index contributed by atoms with van der Waals surface area (Å²) in [5, 5.41) is 3.93. The van der Waals surface area contributed by atoms with Crippen LogP contribution in [0.3, 0.4) is 0 Å². The van der Waals surface area contributed by atoms with Crippen molar-refractivity contribution in [2.24, 2.45) is 0 Å². The molecule has 130 valence electrons. The van der Waals surface area contributed by atoms with Gasteiger partial charge in [0.15, 0.2) is 0 Å². The third-order valence-corrected chi connectivity index (χ3v) is 5.75. The molecule has 25 heavy (non-hydrogen) atoms. The molecule has 2 aromatic heterocycles. The molecule has 1 aromatic carbocycles. The fourth-order valence-electron chi connectivity index (χ4n) is 2.50. The Morgan fingerprint density at radius 3 is 2.64 bits per heavy atom. The van der Waals surface area contributed by atoms with Gasteiger partial charge in [-0.05, 0) is 33.3 Å². The average Bonchev–Trinajstić information content (AvgIpc) is 2.99. The Morgan fingerprint density at radius 2 is 1.96 bits per heavy atom. The molecule has 0 radical (unpaired) electrons. The van der Waals surface area contributed by atoms with Crippen LogP contribution in [0.1, 0.15) is 26.6 Å². The maximum absolute atomic E-state index is 12.3. The van der Waals surface area contributed by atoms with Crippen LogP contribution in [0.5, 0.6) is 0 Å². The molecule has 0 N–H and O–H groups in total. The van der Waals surface area contributed by atoms with Crippen molar-refractivity contribution < 1.29 is 9.53 Å². The number of benzene rings is 1. The highest BCUT2D eigenvalue weighted by molar-refractivity contribution is 8.01. The quantitative estimate of drug-likeness (QED) is 0.354. The Labute approximate surface area is 155 Å². The normalized spacial score (nSPS) is 11.7. The average molecular weight is 373 g/mol. The summed E-state index contributed by atoms with van der Waals surface area (Å²) in [6.07, 6.45) is 0. The van der Waals surface area contributed by atoms with Crippen molar-refractivity contribution in [2.75, 3.05) is 6.61 Å². The van der Waals surface area contributed by atoms with E-state index in [1.165, 1.54) is 11.8 Å². The highest BCUT2D eigenvalue weighted by atomic mass is 32.2. The molecular weight excluding hydrogens is 352 g/mol. The molecule has 4 nitrogen and oxygen atoms in total. The Morgan fingerprint density at radius 1 is 1.24 bits per heavy atom. The number of rotatable bonds is 5. The first-order chi connectivity index (χ1) is 11.9. The van der Waals surface area contributed by atoms with Crippen LogP contribution in [0.2, 0.25) is 0 Å². The van der Waals surface area contributed by atoms with Gasteiger partial charge in [-0.15, -0.1) is 11.3 Å². The third-order valence-electron chi connectivity index (χ3n) is 3.72. The minimum absolute atomic E-state index is 0.235. The van der Waals surface area contributed by atoms with Gasteiger partial charge in [-0.1, -0.05) is 42.1 Å². The number of thiophene rings is 1. The summed E-state index contributed by atoms with van der Waals surface area (Å²) in [5.74, 6) is 0.469. The lowest BCUT2D eigenvalue weighted by Crippen LogP contribution is -2.30. The first kappa shape index (κ1) is 17.9. The topological polar surface area (TPSA) is 52.1 Å². The van der Waals surface area contributed by atoms with Crippen LogP contribution in [0.15, 0.2) is 40.7 Å². The van der Waals surface area contributed by atoms with E-state index in [0.717, 1.165) is 26.4 Å². The maximum Gasteiger partial charge on any atom is 0.322 e. The smallest absolute Gasteiger partial charge is 0.322 e. The molecule has 3 rings (SSSR count). The molecule has 0 aliphatic rings. The van der Waals surface area contributed by atoms with Crippen molar-refractivity contribution in [2.45, 2.75) is 37.5 Å². The van der Waals surface area contributed by atoms with E-state index in [1.807, 2.05) is 45.9 Å². The number of hydrogen-bond acceptors (Lipinski definition) is 6. The molecule has 0 unspecified atom stereocenters. The number of esters is 1. The van der Waals surface area contributed by atoms with Crippen molar-refractivity contribution >= 4 is 39.3 Å². The van der Waals surface area contributed by atoms with Gasteiger partial charge in [0, 0.05) is 10.9 Å². The number of ether oxygens (including phenoxy) is 1. The van der Waals surface area contributed by atoms with Crippen molar-refractivity contribution in [3.8, 4) is 11.1 Å². The van der Waals surface area contributed by atoms with E-state index >= 15 is 0 Å². The largest absolute Gasteiger partial charge is 0.465 e. The Hall–Kier alpha value is -1.92. The molecule has 0 aliphatic heterocycles. The van der Waals surface area contributed by atoms with E-state index in [9.17, 15) is 4.79 Å². The molecule has 0 saturated carbocycles. The molecule has 0 aliphatic carbocycles. The number of fused-ring (bicyclic) bond motifs is 1. The molecule has 6 heteroatoms. The predicted octanol–water partition coefficient (Wildman–Crippen LogP) is 5.10. The number of aryl methyl sites for hydroxylation is 1. The van der Waals surface area contributed by atoms with Crippen molar-refractivity contribution in [3.63, 3.8) is 0 Å². The van der Waals surface area contributed by atoms with Crippen LogP contribution in [0.4, 0.5) is 0 Å². The Balaban J connectivity index is 2.11. The van der Waals surface area contributed by atoms with Crippen molar-refractivity contribution in [3.05, 3.63) is 41.5 Å². The van der Waals surface area contributed by atoms with Crippen molar-refractivity contribution in [1.82, 2.24) is 9.97 Å². The van der Waals surface area contributed by atoms with Crippen molar-refractivity contribution in [1.29, 1.82) is 0 Å². The predicted molar refractivity (Wildman–Crippen MR) is 104 cm³/mol. The Kier molecular flexibility index (Phi) is 5.11. The van der Waals surface area contributed by atoms with E-state index < -0.39 is 4.75 Å². The van der Waals surface area contributed by atoms with Crippen LogP contribution < -0.4 is 0 Å². The molecule has 0 amide bonds. The second-order valence-electron chi connectivity index (χ2n) is 6.10. The number of carbonyl (C=O) groups is 1. The van der Waals surface area contributed by atoms with Crippen LogP contribution in [0.25, 0.3) is 21.3 Å². The highest BCUT2D eigenvalue weighted by Gasteiger charge is 2.32. The van der Waals surface area contributed by atoms with E-state index in [-0.39, 0.29) is 5.97 Å². The number of thioether (sulfide) groups is 1. The summed E-state index contributed by atoms with van der Waals surface area (Å²) in [5.41, 5.74) is 2.22. The third kappa shape index (κ3) is 3.70.